The highest BCUT2D eigenvalue weighted by atomic mass is 79.9. The van der Waals surface area contributed by atoms with Crippen LogP contribution in [0.2, 0.25) is 0 Å². The molecule has 0 atom stereocenters. The summed E-state index contributed by atoms with van der Waals surface area (Å²) in [7, 11) is 0. The number of benzene rings is 1. The maximum absolute atomic E-state index is 12.2. The summed E-state index contributed by atoms with van der Waals surface area (Å²) in [6.45, 7) is 0.427. The topological polar surface area (TPSA) is 55.1 Å². The minimum Gasteiger partial charge on any atom is -0.463 e. The second-order valence-electron chi connectivity index (χ2n) is 4.69. The van der Waals surface area contributed by atoms with Crippen molar-refractivity contribution in [2.75, 3.05) is 0 Å². The minimum atomic E-state index is -0.121. The predicted octanol–water partition coefficient (Wildman–Crippen LogP) is 4.03. The largest absolute Gasteiger partial charge is 0.463 e. The van der Waals surface area contributed by atoms with Crippen molar-refractivity contribution in [2.24, 2.45) is 0 Å². The molecule has 0 aliphatic carbocycles. The normalized spacial score (nSPS) is 10.4. The molecule has 110 valence electrons. The number of pyridine rings is 1. The van der Waals surface area contributed by atoms with Gasteiger partial charge < -0.3 is 9.73 Å². The monoisotopic (exact) mass is 356 g/mol. The van der Waals surface area contributed by atoms with Crippen LogP contribution in [0.25, 0.3) is 11.5 Å². The first-order chi connectivity index (χ1) is 10.7. The molecule has 0 spiro atoms. The summed E-state index contributed by atoms with van der Waals surface area (Å²) in [5.74, 6) is 0.586. The first-order valence-corrected chi connectivity index (χ1v) is 7.55. The van der Waals surface area contributed by atoms with Crippen LogP contribution in [0.3, 0.4) is 0 Å². The summed E-state index contributed by atoms with van der Waals surface area (Å²) in [4.78, 5) is 16.4. The molecule has 1 N–H and O–H groups in total. The van der Waals surface area contributed by atoms with Gasteiger partial charge in [-0.2, -0.15) is 0 Å². The molecule has 1 aromatic carbocycles. The van der Waals surface area contributed by atoms with E-state index in [2.05, 4.69) is 26.2 Å². The van der Waals surface area contributed by atoms with Gasteiger partial charge >= 0.3 is 0 Å². The van der Waals surface area contributed by atoms with Gasteiger partial charge in [0.05, 0.1) is 11.8 Å². The molecule has 2 aromatic heterocycles. The van der Waals surface area contributed by atoms with Crippen molar-refractivity contribution in [3.8, 4) is 11.5 Å². The average Bonchev–Trinajstić information content (AvgIpc) is 3.08. The zero-order valence-corrected chi connectivity index (χ0v) is 13.2. The Morgan fingerprint density at radius 2 is 2.05 bits per heavy atom. The Labute approximate surface area is 136 Å². The summed E-state index contributed by atoms with van der Waals surface area (Å²) < 4.78 is 6.11. The van der Waals surface area contributed by atoms with Crippen LogP contribution in [0.1, 0.15) is 15.9 Å². The first kappa shape index (κ1) is 14.5. The van der Waals surface area contributed by atoms with Gasteiger partial charge in [0.15, 0.2) is 5.76 Å². The molecule has 22 heavy (non-hydrogen) atoms. The van der Waals surface area contributed by atoms with Crippen molar-refractivity contribution in [1.29, 1.82) is 0 Å². The molecule has 0 saturated carbocycles. The third kappa shape index (κ3) is 3.26. The standard InChI is InChI=1S/C17H13BrN2O2/c18-14-5-2-1-4-13(14)17(21)20-11-12-7-8-19-15(10-12)16-6-3-9-22-16/h1-10H,11H2,(H,20,21). The SMILES string of the molecule is O=C(NCc1ccnc(-c2ccco2)c1)c1ccccc1Br. The van der Waals surface area contributed by atoms with Gasteiger partial charge in [0.25, 0.3) is 5.91 Å². The van der Waals surface area contributed by atoms with Crippen LogP contribution in [0, 0.1) is 0 Å². The van der Waals surface area contributed by atoms with E-state index in [-0.39, 0.29) is 5.91 Å². The van der Waals surface area contributed by atoms with Gasteiger partial charge in [-0.15, -0.1) is 0 Å². The number of carbonyl (C=O) groups excluding carboxylic acids is 1. The molecule has 0 radical (unpaired) electrons. The lowest BCUT2D eigenvalue weighted by Gasteiger charge is -2.07. The van der Waals surface area contributed by atoms with E-state index >= 15 is 0 Å². The van der Waals surface area contributed by atoms with Crippen molar-refractivity contribution < 1.29 is 9.21 Å². The van der Waals surface area contributed by atoms with E-state index in [1.54, 1.807) is 18.5 Å². The molecule has 3 rings (SSSR count). The highest BCUT2D eigenvalue weighted by Crippen LogP contribution is 2.18. The number of aromatic nitrogens is 1. The fourth-order valence-electron chi connectivity index (χ4n) is 2.07. The second-order valence-corrected chi connectivity index (χ2v) is 5.54. The molecule has 0 aliphatic rings. The van der Waals surface area contributed by atoms with E-state index in [9.17, 15) is 4.79 Å². The zero-order chi connectivity index (χ0) is 15.4. The Morgan fingerprint density at radius 3 is 2.82 bits per heavy atom. The molecule has 5 heteroatoms. The highest BCUT2D eigenvalue weighted by Gasteiger charge is 2.09. The van der Waals surface area contributed by atoms with Crippen molar-refractivity contribution in [2.45, 2.75) is 6.54 Å². The highest BCUT2D eigenvalue weighted by molar-refractivity contribution is 9.10. The first-order valence-electron chi connectivity index (χ1n) is 6.75. The van der Waals surface area contributed by atoms with Gasteiger partial charge in [-0.05, 0) is 57.9 Å². The Bertz CT molecular complexity index is 785. The maximum Gasteiger partial charge on any atom is 0.252 e. The van der Waals surface area contributed by atoms with Crippen LogP contribution in [-0.4, -0.2) is 10.9 Å². The number of halogens is 1. The van der Waals surface area contributed by atoms with Crippen LogP contribution in [0.5, 0.6) is 0 Å². The Kier molecular flexibility index (Phi) is 4.34. The number of hydrogen-bond donors (Lipinski definition) is 1. The van der Waals surface area contributed by atoms with E-state index in [0.29, 0.717) is 17.9 Å². The third-order valence-corrected chi connectivity index (χ3v) is 3.86. The van der Waals surface area contributed by atoms with Crippen LogP contribution < -0.4 is 5.32 Å². The van der Waals surface area contributed by atoms with Crippen molar-refractivity contribution in [3.05, 3.63) is 76.6 Å². The maximum atomic E-state index is 12.2. The van der Waals surface area contributed by atoms with Crippen molar-refractivity contribution >= 4 is 21.8 Å². The number of amides is 1. The molecule has 0 bridgehead atoms. The Hall–Kier alpha value is -2.40. The quantitative estimate of drug-likeness (QED) is 0.767. The Balaban J connectivity index is 1.71. The number of furan rings is 1. The smallest absolute Gasteiger partial charge is 0.252 e. The molecule has 2 heterocycles. The van der Waals surface area contributed by atoms with Gasteiger partial charge in [-0.1, -0.05) is 12.1 Å². The van der Waals surface area contributed by atoms with Gasteiger partial charge in [-0.3, -0.25) is 9.78 Å². The Morgan fingerprint density at radius 1 is 1.18 bits per heavy atom. The van der Waals surface area contributed by atoms with Crippen LogP contribution in [0.4, 0.5) is 0 Å². The van der Waals surface area contributed by atoms with E-state index in [1.807, 2.05) is 42.5 Å². The fourth-order valence-corrected chi connectivity index (χ4v) is 2.53. The minimum absolute atomic E-state index is 0.121. The second kappa shape index (κ2) is 6.58. The van der Waals surface area contributed by atoms with E-state index in [1.165, 1.54) is 0 Å². The van der Waals surface area contributed by atoms with Gasteiger partial charge in [-0.25, -0.2) is 0 Å². The average molecular weight is 357 g/mol. The predicted molar refractivity (Wildman–Crippen MR) is 87.3 cm³/mol. The summed E-state index contributed by atoms with van der Waals surface area (Å²) in [6, 6.07) is 14.8. The number of hydrogen-bond acceptors (Lipinski definition) is 3. The van der Waals surface area contributed by atoms with Crippen LogP contribution in [-0.2, 0) is 6.54 Å². The lowest BCUT2D eigenvalue weighted by atomic mass is 10.2. The molecule has 1 amide bonds. The summed E-state index contributed by atoms with van der Waals surface area (Å²) >= 11 is 3.38. The fraction of sp³-hybridized carbons (Fsp3) is 0.0588. The lowest BCUT2D eigenvalue weighted by Crippen LogP contribution is -2.23. The molecule has 0 aliphatic heterocycles. The van der Waals surface area contributed by atoms with E-state index in [0.717, 1.165) is 15.7 Å². The molecule has 0 unspecified atom stereocenters. The van der Waals surface area contributed by atoms with Crippen LogP contribution >= 0.6 is 15.9 Å². The third-order valence-electron chi connectivity index (χ3n) is 3.17. The van der Waals surface area contributed by atoms with E-state index in [4.69, 9.17) is 4.42 Å². The zero-order valence-electron chi connectivity index (χ0n) is 11.6. The van der Waals surface area contributed by atoms with Crippen molar-refractivity contribution in [1.82, 2.24) is 10.3 Å². The lowest BCUT2D eigenvalue weighted by molar-refractivity contribution is 0.0950. The number of nitrogens with zero attached hydrogens (tertiary/aromatic N) is 1. The summed E-state index contributed by atoms with van der Waals surface area (Å²) in [5.41, 5.74) is 2.32. The molecular weight excluding hydrogens is 344 g/mol. The van der Waals surface area contributed by atoms with Gasteiger partial charge in [0, 0.05) is 17.2 Å². The molecule has 0 fully saturated rings. The van der Waals surface area contributed by atoms with E-state index < -0.39 is 0 Å². The molecule has 0 saturated heterocycles. The van der Waals surface area contributed by atoms with Gasteiger partial charge in [0.1, 0.15) is 5.69 Å². The summed E-state index contributed by atoms with van der Waals surface area (Å²) in [6.07, 6.45) is 3.32. The summed E-state index contributed by atoms with van der Waals surface area (Å²) in [5, 5.41) is 2.90. The number of rotatable bonds is 4. The van der Waals surface area contributed by atoms with Gasteiger partial charge in [0.2, 0.25) is 0 Å². The molecule has 4 nitrogen and oxygen atoms in total. The van der Waals surface area contributed by atoms with Crippen molar-refractivity contribution in [3.63, 3.8) is 0 Å². The van der Waals surface area contributed by atoms with Crippen LogP contribution in [0.15, 0.2) is 69.9 Å². The molecule has 3 aromatic rings. The number of nitrogens with one attached hydrogen (secondary N) is 1. The molecular formula is C17H13BrN2O2. The number of carbonyl (C=O) groups is 1.